The monoisotopic (exact) mass is 364 g/mol. The number of hydrogen-bond donors (Lipinski definition) is 0. The van der Waals surface area contributed by atoms with Gasteiger partial charge in [-0.3, -0.25) is 4.90 Å². The summed E-state index contributed by atoms with van der Waals surface area (Å²) in [7, 11) is 0. The van der Waals surface area contributed by atoms with Gasteiger partial charge < -0.3 is 4.90 Å². The van der Waals surface area contributed by atoms with E-state index in [0.29, 0.717) is 12.1 Å². The molecule has 0 N–H and O–H groups in total. The zero-order valence-corrected chi connectivity index (χ0v) is 17.6. The average Bonchev–Trinajstić information content (AvgIpc) is 2.91. The standard InChI is InChI=1S/C13H19N.C12H17N/c1-11(2)14-9-7-12-5-3-4-6-13(12)8-10-14;1-10(2)13-8-7-11-5-3-4-6-12(11)9-13/h3-6,11H,7-10H2,1-2H3;3-6,10H,7-9H2,1-2H3. The summed E-state index contributed by atoms with van der Waals surface area (Å²) in [6.45, 7) is 13.9. The van der Waals surface area contributed by atoms with Crippen molar-refractivity contribution in [1.82, 2.24) is 9.80 Å². The Morgan fingerprint density at radius 3 is 1.37 bits per heavy atom. The maximum absolute atomic E-state index is 2.57. The predicted molar refractivity (Wildman–Crippen MR) is 116 cm³/mol. The Morgan fingerprint density at radius 1 is 0.556 bits per heavy atom. The molecule has 0 aromatic heterocycles. The van der Waals surface area contributed by atoms with Crippen LogP contribution in [0.2, 0.25) is 0 Å². The first-order chi connectivity index (χ1) is 13.0. The summed E-state index contributed by atoms with van der Waals surface area (Å²) in [5.74, 6) is 0. The van der Waals surface area contributed by atoms with Crippen LogP contribution in [0.5, 0.6) is 0 Å². The van der Waals surface area contributed by atoms with E-state index in [-0.39, 0.29) is 0 Å². The minimum Gasteiger partial charge on any atom is -0.300 e. The van der Waals surface area contributed by atoms with Crippen LogP contribution in [-0.2, 0) is 25.8 Å². The molecule has 2 aliphatic rings. The average molecular weight is 365 g/mol. The zero-order valence-electron chi connectivity index (χ0n) is 17.6. The van der Waals surface area contributed by atoms with Gasteiger partial charge in [-0.15, -0.1) is 0 Å². The van der Waals surface area contributed by atoms with Gasteiger partial charge in [0.15, 0.2) is 0 Å². The molecule has 0 spiro atoms. The van der Waals surface area contributed by atoms with E-state index in [9.17, 15) is 0 Å². The first-order valence-corrected chi connectivity index (χ1v) is 10.7. The molecule has 0 aliphatic carbocycles. The lowest BCUT2D eigenvalue weighted by Gasteiger charge is -2.31. The quantitative estimate of drug-likeness (QED) is 0.744. The highest BCUT2D eigenvalue weighted by Crippen LogP contribution is 2.19. The molecule has 0 radical (unpaired) electrons. The van der Waals surface area contributed by atoms with Gasteiger partial charge in [-0.25, -0.2) is 0 Å². The molecule has 4 rings (SSSR count). The van der Waals surface area contributed by atoms with E-state index in [1.165, 1.54) is 44.5 Å². The summed E-state index contributed by atoms with van der Waals surface area (Å²) in [4.78, 5) is 5.10. The molecule has 2 nitrogen and oxygen atoms in total. The number of rotatable bonds is 2. The van der Waals surface area contributed by atoms with E-state index in [2.05, 4.69) is 86.0 Å². The summed E-state index contributed by atoms with van der Waals surface area (Å²) in [6.07, 6.45) is 3.65. The van der Waals surface area contributed by atoms with Gasteiger partial charge in [0.25, 0.3) is 0 Å². The van der Waals surface area contributed by atoms with E-state index in [0.717, 1.165) is 6.54 Å². The van der Waals surface area contributed by atoms with Gasteiger partial charge in [-0.2, -0.15) is 0 Å². The molecule has 146 valence electrons. The van der Waals surface area contributed by atoms with Gasteiger partial charge in [0.1, 0.15) is 0 Å². The van der Waals surface area contributed by atoms with E-state index in [1.807, 2.05) is 0 Å². The van der Waals surface area contributed by atoms with Gasteiger partial charge in [0, 0.05) is 38.3 Å². The van der Waals surface area contributed by atoms with Crippen molar-refractivity contribution in [2.45, 2.75) is 65.6 Å². The minimum absolute atomic E-state index is 0.674. The highest BCUT2D eigenvalue weighted by atomic mass is 15.1. The number of benzene rings is 2. The SMILES string of the molecule is CC(C)N1CCc2ccccc2C1.CC(C)N1CCc2ccccc2CC1. The molecule has 2 heterocycles. The topological polar surface area (TPSA) is 6.48 Å². The third-order valence-corrected chi connectivity index (χ3v) is 6.08. The van der Waals surface area contributed by atoms with Gasteiger partial charge in [0.2, 0.25) is 0 Å². The predicted octanol–water partition coefficient (Wildman–Crippen LogP) is 4.95. The van der Waals surface area contributed by atoms with Crippen molar-refractivity contribution >= 4 is 0 Å². The van der Waals surface area contributed by atoms with Crippen LogP contribution in [0.25, 0.3) is 0 Å². The molecule has 27 heavy (non-hydrogen) atoms. The van der Waals surface area contributed by atoms with Crippen molar-refractivity contribution in [3.63, 3.8) is 0 Å². The van der Waals surface area contributed by atoms with Gasteiger partial charge in [-0.05, 0) is 69.2 Å². The highest BCUT2D eigenvalue weighted by molar-refractivity contribution is 5.29. The van der Waals surface area contributed by atoms with Crippen molar-refractivity contribution in [1.29, 1.82) is 0 Å². The highest BCUT2D eigenvalue weighted by Gasteiger charge is 2.17. The minimum atomic E-state index is 0.674. The third kappa shape index (κ3) is 5.43. The Kier molecular flexibility index (Phi) is 7.09. The number of fused-ring (bicyclic) bond motifs is 2. The number of nitrogens with zero attached hydrogens (tertiary/aromatic N) is 2. The van der Waals surface area contributed by atoms with E-state index in [1.54, 1.807) is 16.7 Å². The Morgan fingerprint density at radius 2 is 0.926 bits per heavy atom. The molecule has 0 unspecified atom stereocenters. The van der Waals surface area contributed by atoms with Crippen molar-refractivity contribution in [2.75, 3.05) is 19.6 Å². The Bertz CT molecular complexity index is 693. The van der Waals surface area contributed by atoms with Crippen LogP contribution in [0.4, 0.5) is 0 Å². The molecule has 0 saturated carbocycles. The second kappa shape index (κ2) is 9.52. The number of hydrogen-bond acceptors (Lipinski definition) is 2. The fraction of sp³-hybridized carbons (Fsp3) is 0.520. The molecule has 2 aromatic carbocycles. The summed E-state index contributed by atoms with van der Waals surface area (Å²) in [5, 5.41) is 0. The first kappa shape index (κ1) is 20.1. The Labute approximate surface area is 166 Å². The maximum atomic E-state index is 2.57. The van der Waals surface area contributed by atoms with Crippen LogP contribution < -0.4 is 0 Å². The molecule has 2 heteroatoms. The smallest absolute Gasteiger partial charge is 0.0239 e. The lowest BCUT2D eigenvalue weighted by atomic mass is 9.99. The van der Waals surface area contributed by atoms with Crippen LogP contribution in [0, 0.1) is 0 Å². The molecule has 0 atom stereocenters. The molecule has 0 amide bonds. The molecule has 2 aliphatic heterocycles. The summed E-state index contributed by atoms with van der Waals surface area (Å²) in [5.41, 5.74) is 6.16. The molecule has 2 aromatic rings. The van der Waals surface area contributed by atoms with Crippen molar-refractivity contribution in [2.24, 2.45) is 0 Å². The summed E-state index contributed by atoms with van der Waals surface area (Å²) in [6, 6.07) is 19.0. The molecular weight excluding hydrogens is 328 g/mol. The van der Waals surface area contributed by atoms with Crippen LogP contribution in [0.1, 0.15) is 49.9 Å². The van der Waals surface area contributed by atoms with Crippen LogP contribution in [0.3, 0.4) is 0 Å². The fourth-order valence-corrected chi connectivity index (χ4v) is 4.16. The maximum Gasteiger partial charge on any atom is 0.0239 e. The normalized spacial score (nSPS) is 17.7. The fourth-order valence-electron chi connectivity index (χ4n) is 4.16. The van der Waals surface area contributed by atoms with Crippen molar-refractivity contribution in [3.8, 4) is 0 Å². The van der Waals surface area contributed by atoms with Crippen LogP contribution in [0.15, 0.2) is 48.5 Å². The van der Waals surface area contributed by atoms with E-state index >= 15 is 0 Å². The lowest BCUT2D eigenvalue weighted by molar-refractivity contribution is 0.203. The first-order valence-electron chi connectivity index (χ1n) is 10.7. The molecule has 0 fully saturated rings. The lowest BCUT2D eigenvalue weighted by Crippen LogP contribution is -2.35. The zero-order chi connectivity index (χ0) is 19.2. The van der Waals surface area contributed by atoms with Crippen molar-refractivity contribution < 1.29 is 0 Å². The van der Waals surface area contributed by atoms with Gasteiger partial charge in [0.05, 0.1) is 0 Å². The Balaban J connectivity index is 0.000000156. The largest absolute Gasteiger partial charge is 0.300 e. The molecule has 0 bridgehead atoms. The van der Waals surface area contributed by atoms with Crippen LogP contribution >= 0.6 is 0 Å². The second-order valence-corrected chi connectivity index (χ2v) is 8.48. The van der Waals surface area contributed by atoms with Gasteiger partial charge >= 0.3 is 0 Å². The van der Waals surface area contributed by atoms with Crippen LogP contribution in [-0.4, -0.2) is 41.5 Å². The third-order valence-electron chi connectivity index (χ3n) is 6.08. The van der Waals surface area contributed by atoms with Gasteiger partial charge in [-0.1, -0.05) is 48.5 Å². The summed E-state index contributed by atoms with van der Waals surface area (Å²) < 4.78 is 0. The summed E-state index contributed by atoms with van der Waals surface area (Å²) >= 11 is 0. The van der Waals surface area contributed by atoms with Crippen molar-refractivity contribution in [3.05, 3.63) is 70.8 Å². The molecular formula is C25H36N2. The Hall–Kier alpha value is -1.64. The second-order valence-electron chi connectivity index (χ2n) is 8.48. The van der Waals surface area contributed by atoms with E-state index in [4.69, 9.17) is 0 Å². The molecule has 0 saturated heterocycles. The van der Waals surface area contributed by atoms with E-state index < -0.39 is 0 Å².